The molecule has 0 bridgehead atoms. The van der Waals surface area contributed by atoms with Crippen LogP contribution < -0.4 is 0 Å². The molecule has 3 nitrogen and oxygen atoms in total. The second-order valence-electron chi connectivity index (χ2n) is 5.46. The fourth-order valence-corrected chi connectivity index (χ4v) is 3.18. The van der Waals surface area contributed by atoms with E-state index in [9.17, 15) is 4.79 Å². The highest BCUT2D eigenvalue weighted by atomic mass is 79.9. The lowest BCUT2D eigenvalue weighted by Crippen LogP contribution is -2.38. The molecule has 1 aromatic heterocycles. The maximum absolute atomic E-state index is 12.8. The van der Waals surface area contributed by atoms with Gasteiger partial charge in [-0.25, -0.2) is 0 Å². The SMILES string of the molecule is O=C(c1ccc(Br)cc1)N(Cc1ccco1)C1CCCC1. The van der Waals surface area contributed by atoms with Crippen LogP contribution in [0.25, 0.3) is 0 Å². The number of carbonyl (C=O) groups excluding carboxylic acids is 1. The Balaban J connectivity index is 1.83. The second-order valence-corrected chi connectivity index (χ2v) is 6.37. The maximum Gasteiger partial charge on any atom is 0.254 e. The Bertz CT molecular complexity index is 586. The number of amides is 1. The monoisotopic (exact) mass is 347 g/mol. The zero-order chi connectivity index (χ0) is 14.7. The molecule has 21 heavy (non-hydrogen) atoms. The Morgan fingerprint density at radius 2 is 1.90 bits per heavy atom. The molecule has 110 valence electrons. The normalized spacial score (nSPS) is 15.3. The van der Waals surface area contributed by atoms with E-state index in [0.29, 0.717) is 12.6 Å². The summed E-state index contributed by atoms with van der Waals surface area (Å²) in [5.41, 5.74) is 0.733. The molecule has 0 unspecified atom stereocenters. The Hall–Kier alpha value is -1.55. The molecule has 1 heterocycles. The van der Waals surface area contributed by atoms with Crippen molar-refractivity contribution < 1.29 is 9.21 Å². The van der Waals surface area contributed by atoms with Gasteiger partial charge in [0.15, 0.2) is 0 Å². The number of hydrogen-bond donors (Lipinski definition) is 0. The minimum atomic E-state index is 0.0887. The van der Waals surface area contributed by atoms with Crippen LogP contribution in [0, 0.1) is 0 Å². The van der Waals surface area contributed by atoms with Gasteiger partial charge in [-0.3, -0.25) is 4.79 Å². The number of nitrogens with zero attached hydrogens (tertiary/aromatic N) is 1. The summed E-state index contributed by atoms with van der Waals surface area (Å²) in [7, 11) is 0. The topological polar surface area (TPSA) is 33.5 Å². The lowest BCUT2D eigenvalue weighted by molar-refractivity contribution is 0.0649. The molecule has 0 aliphatic heterocycles. The molecular formula is C17H18BrNO2. The van der Waals surface area contributed by atoms with E-state index in [1.807, 2.05) is 41.3 Å². The lowest BCUT2D eigenvalue weighted by atomic mass is 10.1. The number of benzene rings is 1. The van der Waals surface area contributed by atoms with Gasteiger partial charge in [0.1, 0.15) is 5.76 Å². The van der Waals surface area contributed by atoms with E-state index in [-0.39, 0.29) is 5.91 Å². The molecule has 0 atom stereocenters. The second kappa shape index (κ2) is 6.48. The number of carbonyl (C=O) groups is 1. The number of rotatable bonds is 4. The van der Waals surface area contributed by atoms with Crippen LogP contribution in [0.4, 0.5) is 0 Å². The first-order valence-electron chi connectivity index (χ1n) is 7.33. The summed E-state index contributed by atoms with van der Waals surface area (Å²) in [6.07, 6.45) is 6.23. The molecule has 0 N–H and O–H groups in total. The average molecular weight is 348 g/mol. The lowest BCUT2D eigenvalue weighted by Gasteiger charge is -2.28. The van der Waals surface area contributed by atoms with Gasteiger partial charge in [-0.15, -0.1) is 0 Å². The third kappa shape index (κ3) is 3.38. The van der Waals surface area contributed by atoms with Crippen molar-refractivity contribution in [1.29, 1.82) is 0 Å². The van der Waals surface area contributed by atoms with Gasteiger partial charge in [0.25, 0.3) is 5.91 Å². The minimum Gasteiger partial charge on any atom is -0.467 e. The molecular weight excluding hydrogens is 330 g/mol. The molecule has 1 amide bonds. The van der Waals surface area contributed by atoms with E-state index in [0.717, 1.165) is 28.6 Å². The molecule has 4 heteroatoms. The predicted molar refractivity (Wildman–Crippen MR) is 85.0 cm³/mol. The van der Waals surface area contributed by atoms with Gasteiger partial charge in [-0.05, 0) is 49.2 Å². The molecule has 1 saturated carbocycles. The highest BCUT2D eigenvalue weighted by Gasteiger charge is 2.28. The van der Waals surface area contributed by atoms with Gasteiger partial charge >= 0.3 is 0 Å². The van der Waals surface area contributed by atoms with Gasteiger partial charge in [-0.1, -0.05) is 28.8 Å². The van der Waals surface area contributed by atoms with Gasteiger partial charge in [0.05, 0.1) is 12.8 Å². The average Bonchev–Trinajstić information content (AvgIpc) is 3.18. The van der Waals surface area contributed by atoms with Gasteiger partial charge < -0.3 is 9.32 Å². The maximum atomic E-state index is 12.8. The van der Waals surface area contributed by atoms with E-state index >= 15 is 0 Å². The van der Waals surface area contributed by atoms with E-state index in [2.05, 4.69) is 15.9 Å². The number of furan rings is 1. The van der Waals surface area contributed by atoms with Crippen LogP contribution in [0.15, 0.2) is 51.6 Å². The molecule has 1 fully saturated rings. The van der Waals surface area contributed by atoms with Crippen molar-refractivity contribution in [3.05, 3.63) is 58.5 Å². The molecule has 3 rings (SSSR count). The molecule has 1 aromatic carbocycles. The Morgan fingerprint density at radius 3 is 2.52 bits per heavy atom. The van der Waals surface area contributed by atoms with Crippen molar-refractivity contribution in [2.75, 3.05) is 0 Å². The van der Waals surface area contributed by atoms with Crippen LogP contribution in [-0.2, 0) is 6.54 Å². The standard InChI is InChI=1S/C17H18BrNO2/c18-14-9-7-13(8-10-14)17(20)19(15-4-1-2-5-15)12-16-6-3-11-21-16/h3,6-11,15H,1-2,4-5,12H2. The van der Waals surface area contributed by atoms with Crippen LogP contribution in [-0.4, -0.2) is 16.8 Å². The Labute approximate surface area is 133 Å². The molecule has 1 aliphatic rings. The summed E-state index contributed by atoms with van der Waals surface area (Å²) >= 11 is 3.41. The van der Waals surface area contributed by atoms with Crippen molar-refractivity contribution in [1.82, 2.24) is 4.90 Å². The third-order valence-electron chi connectivity index (χ3n) is 4.02. The van der Waals surface area contributed by atoms with E-state index in [1.54, 1.807) is 6.26 Å². The minimum absolute atomic E-state index is 0.0887. The number of halogens is 1. The third-order valence-corrected chi connectivity index (χ3v) is 4.55. The van der Waals surface area contributed by atoms with Crippen molar-refractivity contribution in [2.24, 2.45) is 0 Å². The molecule has 1 aliphatic carbocycles. The Morgan fingerprint density at radius 1 is 1.19 bits per heavy atom. The zero-order valence-electron chi connectivity index (χ0n) is 11.8. The predicted octanol–water partition coefficient (Wildman–Crippen LogP) is 4.63. The summed E-state index contributed by atoms with van der Waals surface area (Å²) in [5, 5.41) is 0. The van der Waals surface area contributed by atoms with Crippen molar-refractivity contribution in [3.8, 4) is 0 Å². The fraction of sp³-hybridized carbons (Fsp3) is 0.353. The summed E-state index contributed by atoms with van der Waals surface area (Å²) < 4.78 is 6.41. The number of hydrogen-bond acceptors (Lipinski definition) is 2. The summed E-state index contributed by atoms with van der Waals surface area (Å²) in [6, 6.07) is 11.7. The molecule has 0 radical (unpaired) electrons. The van der Waals surface area contributed by atoms with E-state index < -0.39 is 0 Å². The fourth-order valence-electron chi connectivity index (χ4n) is 2.91. The highest BCUT2D eigenvalue weighted by Crippen LogP contribution is 2.27. The van der Waals surface area contributed by atoms with E-state index in [4.69, 9.17) is 4.42 Å². The van der Waals surface area contributed by atoms with Gasteiger partial charge in [-0.2, -0.15) is 0 Å². The van der Waals surface area contributed by atoms with E-state index in [1.165, 1.54) is 12.8 Å². The Kier molecular flexibility index (Phi) is 4.44. The summed E-state index contributed by atoms with van der Waals surface area (Å²) in [6.45, 7) is 0.548. The largest absolute Gasteiger partial charge is 0.467 e. The molecule has 2 aromatic rings. The van der Waals surface area contributed by atoms with Crippen molar-refractivity contribution in [2.45, 2.75) is 38.3 Å². The van der Waals surface area contributed by atoms with Crippen molar-refractivity contribution in [3.63, 3.8) is 0 Å². The van der Waals surface area contributed by atoms with Gasteiger partial charge in [0, 0.05) is 16.1 Å². The van der Waals surface area contributed by atoms with Crippen LogP contribution in [0.2, 0.25) is 0 Å². The zero-order valence-corrected chi connectivity index (χ0v) is 13.4. The van der Waals surface area contributed by atoms with Crippen LogP contribution in [0.3, 0.4) is 0 Å². The molecule has 0 spiro atoms. The smallest absolute Gasteiger partial charge is 0.254 e. The first-order chi connectivity index (χ1) is 10.2. The highest BCUT2D eigenvalue weighted by molar-refractivity contribution is 9.10. The first kappa shape index (κ1) is 14.4. The van der Waals surface area contributed by atoms with Crippen LogP contribution in [0.1, 0.15) is 41.8 Å². The first-order valence-corrected chi connectivity index (χ1v) is 8.12. The quantitative estimate of drug-likeness (QED) is 0.807. The van der Waals surface area contributed by atoms with Crippen LogP contribution in [0.5, 0.6) is 0 Å². The molecule has 0 saturated heterocycles. The van der Waals surface area contributed by atoms with Gasteiger partial charge in [0.2, 0.25) is 0 Å². The summed E-state index contributed by atoms with van der Waals surface area (Å²) in [4.78, 5) is 14.8. The van der Waals surface area contributed by atoms with Crippen LogP contribution >= 0.6 is 15.9 Å². The summed E-state index contributed by atoms with van der Waals surface area (Å²) in [5.74, 6) is 0.929. The van der Waals surface area contributed by atoms with Crippen molar-refractivity contribution >= 4 is 21.8 Å².